The maximum atomic E-state index is 15.2. The maximum absolute atomic E-state index is 15.2. The second-order valence-electron chi connectivity index (χ2n) is 17.3. The summed E-state index contributed by atoms with van der Waals surface area (Å²) >= 11 is 6.24. The number of sulfonamides is 1. The van der Waals surface area contributed by atoms with E-state index >= 15 is 4.39 Å². The molecule has 0 atom stereocenters. The number of aromatic nitrogens is 2. The lowest BCUT2D eigenvalue weighted by molar-refractivity contribution is -0.386. The van der Waals surface area contributed by atoms with Gasteiger partial charge in [0.2, 0.25) is 0 Å². The number of anilines is 1. The highest BCUT2D eigenvalue weighted by Crippen LogP contribution is 2.44. The molecule has 0 unspecified atom stereocenters. The van der Waals surface area contributed by atoms with E-state index in [0.717, 1.165) is 80.2 Å². The summed E-state index contributed by atoms with van der Waals surface area (Å²) in [5.41, 5.74) is 3.21. The number of ether oxygens (including phenoxy) is 3. The molecular formula is C46H50ClFN6O8S. The molecule has 0 bridgehead atoms. The standard InChI is InChI=1S/C46H50ClFN6O8S/c1-45(2)14-12-33(39(27-45)31-4-6-34(47)7-5-31)29-52-18-20-53(21-19-52)35-8-10-38(42(25-35)62-36-24-32-13-17-49-43(32)50-28-36)44(55)51(3)63(58,59)37-9-11-41(40(26-37)54(56)57)61-30-46(48)15-22-60-23-16-46/h4-11,13,17,24-26,28H,12,14-16,18-23,27,29-30H2,1-3H3,(H,49,50). The van der Waals surface area contributed by atoms with Crippen LogP contribution in [0.15, 0.2) is 95.7 Å². The van der Waals surface area contributed by atoms with Gasteiger partial charge < -0.3 is 24.1 Å². The molecule has 3 aromatic carbocycles. The molecule has 0 radical (unpaired) electrons. The van der Waals surface area contributed by atoms with Crippen LogP contribution in [0.1, 0.15) is 61.9 Å². The molecule has 2 saturated heterocycles. The molecule has 1 N–H and O–H groups in total. The van der Waals surface area contributed by atoms with Crippen LogP contribution in [0.5, 0.6) is 17.2 Å². The summed E-state index contributed by atoms with van der Waals surface area (Å²) in [5, 5.41) is 13.6. The molecule has 2 fully saturated rings. The maximum Gasteiger partial charge on any atom is 0.312 e. The number of nitro benzene ring substituents is 1. The molecule has 3 aliphatic rings. The van der Waals surface area contributed by atoms with Crippen molar-refractivity contribution < 1.29 is 36.7 Å². The number of amides is 1. The number of nitrogens with zero attached hydrogens (tertiary/aromatic N) is 5. The SMILES string of the molecule is CN(C(=O)c1ccc(N2CCN(CC3=C(c4ccc(Cl)cc4)CC(C)(C)CC3)CC2)cc1Oc1cnc2[nH]ccc2c1)S(=O)(=O)c1ccc(OCC2(F)CCOCC2)c([N+](=O)[O-])c1. The van der Waals surface area contributed by atoms with Crippen molar-refractivity contribution in [3.8, 4) is 17.2 Å². The van der Waals surface area contributed by atoms with Gasteiger partial charge >= 0.3 is 5.69 Å². The molecule has 1 amide bonds. The molecule has 4 heterocycles. The van der Waals surface area contributed by atoms with Crippen LogP contribution < -0.4 is 14.4 Å². The number of benzene rings is 3. The fourth-order valence-corrected chi connectivity index (χ4v) is 9.68. The predicted molar refractivity (Wildman–Crippen MR) is 239 cm³/mol. The summed E-state index contributed by atoms with van der Waals surface area (Å²) in [6, 6.07) is 19.7. The van der Waals surface area contributed by atoms with Crippen molar-refractivity contribution in [2.45, 2.75) is 56.5 Å². The Morgan fingerprint density at radius 1 is 1.00 bits per heavy atom. The number of nitro groups is 1. The quantitative estimate of drug-likeness (QED) is 0.0887. The van der Waals surface area contributed by atoms with E-state index in [1.807, 2.05) is 18.2 Å². The van der Waals surface area contributed by atoms with Crippen molar-refractivity contribution in [3.63, 3.8) is 0 Å². The molecule has 63 heavy (non-hydrogen) atoms. The van der Waals surface area contributed by atoms with Gasteiger partial charge in [-0.1, -0.05) is 43.2 Å². The van der Waals surface area contributed by atoms with E-state index in [4.69, 9.17) is 25.8 Å². The Morgan fingerprint density at radius 2 is 1.75 bits per heavy atom. The number of pyridine rings is 1. The van der Waals surface area contributed by atoms with Crippen molar-refractivity contribution in [2.24, 2.45) is 5.41 Å². The summed E-state index contributed by atoms with van der Waals surface area (Å²) in [6.45, 7) is 8.43. The van der Waals surface area contributed by atoms with Crippen molar-refractivity contribution in [1.82, 2.24) is 19.2 Å². The monoisotopic (exact) mass is 900 g/mol. The van der Waals surface area contributed by atoms with Crippen LogP contribution in [-0.4, -0.2) is 104 Å². The average molecular weight is 901 g/mol. The third kappa shape index (κ3) is 9.83. The van der Waals surface area contributed by atoms with Gasteiger partial charge in [-0.25, -0.2) is 22.1 Å². The Hall–Kier alpha value is -5.55. The molecule has 5 aromatic rings. The number of piperazine rings is 1. The lowest BCUT2D eigenvalue weighted by atomic mass is 9.72. The second kappa shape index (κ2) is 17.9. The minimum atomic E-state index is -4.66. The Labute approximate surface area is 370 Å². The van der Waals surface area contributed by atoms with E-state index in [1.54, 1.807) is 24.4 Å². The second-order valence-corrected chi connectivity index (χ2v) is 19.7. The van der Waals surface area contributed by atoms with Crippen LogP contribution in [-0.2, 0) is 14.8 Å². The van der Waals surface area contributed by atoms with Gasteiger partial charge in [-0.05, 0) is 84.3 Å². The lowest BCUT2D eigenvalue weighted by Gasteiger charge is -2.39. The van der Waals surface area contributed by atoms with Gasteiger partial charge in [0.25, 0.3) is 15.9 Å². The first-order valence-corrected chi connectivity index (χ1v) is 22.8. The van der Waals surface area contributed by atoms with Crippen molar-refractivity contribution >= 4 is 55.5 Å². The zero-order chi connectivity index (χ0) is 44.5. The Bertz CT molecular complexity index is 2660. The van der Waals surface area contributed by atoms with Crippen LogP contribution in [0.2, 0.25) is 5.02 Å². The van der Waals surface area contributed by atoms with Crippen LogP contribution in [0.3, 0.4) is 0 Å². The number of rotatable bonds is 13. The predicted octanol–water partition coefficient (Wildman–Crippen LogP) is 9.06. The molecule has 8 rings (SSSR count). The minimum absolute atomic E-state index is 0.0568. The van der Waals surface area contributed by atoms with Crippen molar-refractivity contribution in [1.29, 1.82) is 0 Å². The highest BCUT2D eigenvalue weighted by Gasteiger charge is 2.36. The molecule has 332 valence electrons. The number of alkyl halides is 1. The minimum Gasteiger partial charge on any atom is -0.483 e. The van der Waals surface area contributed by atoms with Gasteiger partial charge in [-0.3, -0.25) is 19.8 Å². The number of halogens is 2. The largest absolute Gasteiger partial charge is 0.483 e. The fourth-order valence-electron chi connectivity index (χ4n) is 8.42. The molecule has 2 aromatic heterocycles. The Morgan fingerprint density at radius 3 is 2.48 bits per heavy atom. The first-order chi connectivity index (χ1) is 30.1. The van der Waals surface area contributed by atoms with E-state index in [1.165, 1.54) is 29.0 Å². The van der Waals surface area contributed by atoms with Gasteiger partial charge in [0.05, 0.1) is 21.6 Å². The van der Waals surface area contributed by atoms with Crippen molar-refractivity contribution in [2.75, 3.05) is 64.5 Å². The molecule has 17 heteroatoms. The number of carbonyl (C=O) groups excluding carboxylic acids is 1. The molecule has 14 nitrogen and oxygen atoms in total. The summed E-state index contributed by atoms with van der Waals surface area (Å²) in [5.74, 6) is -0.802. The van der Waals surface area contributed by atoms with Gasteiger partial charge in [0.15, 0.2) is 5.75 Å². The van der Waals surface area contributed by atoms with Gasteiger partial charge in [0, 0.05) is 100 Å². The lowest BCUT2D eigenvalue weighted by Crippen LogP contribution is -2.47. The summed E-state index contributed by atoms with van der Waals surface area (Å²) < 4.78 is 60.8. The zero-order valence-electron chi connectivity index (χ0n) is 35.4. The average Bonchev–Trinajstić information content (AvgIpc) is 3.75. The van der Waals surface area contributed by atoms with E-state index in [0.29, 0.717) is 28.8 Å². The van der Waals surface area contributed by atoms with E-state index in [9.17, 15) is 23.3 Å². The molecular weight excluding hydrogens is 851 g/mol. The first kappa shape index (κ1) is 44.1. The smallest absolute Gasteiger partial charge is 0.312 e. The third-order valence-corrected chi connectivity index (χ3v) is 14.3. The molecule has 0 saturated carbocycles. The summed E-state index contributed by atoms with van der Waals surface area (Å²) in [4.78, 5) is 37.2. The fraction of sp³-hybridized carbons (Fsp3) is 0.391. The molecule has 1 aliphatic carbocycles. The van der Waals surface area contributed by atoms with Crippen LogP contribution in [0.4, 0.5) is 15.8 Å². The highest BCUT2D eigenvalue weighted by atomic mass is 35.5. The number of allylic oxidation sites excluding steroid dienone is 1. The third-order valence-electron chi connectivity index (χ3n) is 12.3. The van der Waals surface area contributed by atoms with Crippen LogP contribution >= 0.6 is 11.6 Å². The number of H-pyrrole nitrogens is 1. The number of hydrogen-bond acceptors (Lipinski definition) is 11. The Kier molecular flexibility index (Phi) is 12.5. The van der Waals surface area contributed by atoms with Gasteiger partial charge in [-0.15, -0.1) is 0 Å². The number of carbonyl (C=O) groups is 1. The molecule has 0 spiro atoms. The summed E-state index contributed by atoms with van der Waals surface area (Å²) in [6.07, 6.45) is 6.53. The van der Waals surface area contributed by atoms with E-state index in [2.05, 4.69) is 45.7 Å². The normalized spacial score (nSPS) is 18.0. The molecule has 2 aliphatic heterocycles. The van der Waals surface area contributed by atoms with Crippen molar-refractivity contribution in [3.05, 3.63) is 117 Å². The van der Waals surface area contributed by atoms with E-state index < -0.39 is 43.7 Å². The number of aromatic amines is 1. The summed E-state index contributed by atoms with van der Waals surface area (Å²) in [7, 11) is -3.58. The zero-order valence-corrected chi connectivity index (χ0v) is 37.0. The first-order valence-electron chi connectivity index (χ1n) is 21.0. The number of fused-ring (bicyclic) bond motifs is 1. The number of hydrogen-bond donors (Lipinski definition) is 1. The van der Waals surface area contributed by atoms with Gasteiger partial charge in [-0.2, -0.15) is 0 Å². The number of nitrogens with one attached hydrogen (secondary N) is 1. The highest BCUT2D eigenvalue weighted by molar-refractivity contribution is 7.89. The van der Waals surface area contributed by atoms with Gasteiger partial charge in [0.1, 0.15) is 29.4 Å². The van der Waals surface area contributed by atoms with Crippen LogP contribution in [0.25, 0.3) is 16.6 Å². The Balaban J connectivity index is 1.02. The van der Waals surface area contributed by atoms with E-state index in [-0.39, 0.29) is 48.5 Å². The van der Waals surface area contributed by atoms with Crippen LogP contribution in [0, 0.1) is 15.5 Å². The topological polar surface area (TPSA) is 160 Å².